The number of carboxylic acids is 1. The summed E-state index contributed by atoms with van der Waals surface area (Å²) in [5.74, 6) is 0.157. The minimum Gasteiger partial charge on any atom is -0.478 e. The molecule has 1 aromatic rings. The zero-order valence-corrected chi connectivity index (χ0v) is 8.99. The van der Waals surface area contributed by atoms with E-state index in [4.69, 9.17) is 16.7 Å². The summed E-state index contributed by atoms with van der Waals surface area (Å²) in [6, 6.07) is 3.26. The lowest BCUT2D eigenvalue weighted by atomic mass is 10.1. The Morgan fingerprint density at radius 3 is 3.00 bits per heavy atom. The molecule has 74 valence electrons. The smallest absolute Gasteiger partial charge is 0.335 e. The third kappa shape index (κ3) is 1.74. The number of hydrogen-bond acceptors (Lipinski definition) is 2. The van der Waals surface area contributed by atoms with Crippen LogP contribution in [0.5, 0.6) is 0 Å². The molecule has 0 atom stereocenters. The molecular weight excluding hydrogens is 220 g/mol. The molecule has 1 heterocycles. The summed E-state index contributed by atoms with van der Waals surface area (Å²) in [5.41, 5.74) is 1.36. The van der Waals surface area contributed by atoms with Gasteiger partial charge in [0.1, 0.15) is 0 Å². The number of aryl methyl sites for hydroxylation is 1. The molecule has 14 heavy (non-hydrogen) atoms. The number of carbonyl (C=O) groups is 1. The van der Waals surface area contributed by atoms with Gasteiger partial charge in [-0.3, -0.25) is 0 Å². The molecule has 2 rings (SSSR count). The molecule has 1 aromatic carbocycles. The first kappa shape index (κ1) is 9.87. The molecule has 0 saturated carbocycles. The molecule has 0 amide bonds. The molecule has 0 unspecified atom stereocenters. The molecule has 1 aliphatic rings. The van der Waals surface area contributed by atoms with E-state index in [-0.39, 0.29) is 5.56 Å². The number of benzene rings is 1. The highest BCUT2D eigenvalue weighted by Crippen LogP contribution is 2.36. The van der Waals surface area contributed by atoms with Crippen LogP contribution in [-0.4, -0.2) is 16.8 Å². The molecule has 0 saturated heterocycles. The van der Waals surface area contributed by atoms with E-state index in [1.807, 2.05) is 0 Å². The van der Waals surface area contributed by atoms with E-state index >= 15 is 0 Å². The first-order chi connectivity index (χ1) is 6.68. The highest BCUT2D eigenvalue weighted by atomic mass is 35.5. The van der Waals surface area contributed by atoms with E-state index in [1.54, 1.807) is 17.8 Å². The van der Waals surface area contributed by atoms with E-state index in [2.05, 4.69) is 0 Å². The van der Waals surface area contributed by atoms with Crippen molar-refractivity contribution in [3.63, 3.8) is 0 Å². The minimum absolute atomic E-state index is 0.288. The highest BCUT2D eigenvalue weighted by molar-refractivity contribution is 7.99. The van der Waals surface area contributed by atoms with Crippen LogP contribution >= 0.6 is 23.4 Å². The molecule has 0 aliphatic carbocycles. The van der Waals surface area contributed by atoms with Crippen LogP contribution in [0.15, 0.2) is 17.0 Å². The first-order valence-electron chi connectivity index (χ1n) is 4.37. The summed E-state index contributed by atoms with van der Waals surface area (Å²) in [6.07, 6.45) is 2.03. The standard InChI is InChI=1S/C10H9ClO2S/c11-8-5-7(10(12)13)4-6-2-1-3-14-9(6)8/h4-5H,1-3H2,(H,12,13). The molecule has 1 N–H and O–H groups in total. The molecule has 1 aliphatic heterocycles. The maximum atomic E-state index is 10.8. The number of hydrogen-bond donors (Lipinski definition) is 1. The molecule has 0 spiro atoms. The monoisotopic (exact) mass is 228 g/mol. The van der Waals surface area contributed by atoms with Crippen molar-refractivity contribution in [3.8, 4) is 0 Å². The van der Waals surface area contributed by atoms with Gasteiger partial charge in [-0.15, -0.1) is 11.8 Å². The van der Waals surface area contributed by atoms with E-state index in [9.17, 15) is 4.79 Å². The summed E-state index contributed by atoms with van der Waals surface area (Å²) < 4.78 is 0. The lowest BCUT2D eigenvalue weighted by Gasteiger charge is -2.16. The fraction of sp³-hybridized carbons (Fsp3) is 0.300. The first-order valence-corrected chi connectivity index (χ1v) is 5.73. The van der Waals surface area contributed by atoms with Crippen LogP contribution in [0.3, 0.4) is 0 Å². The van der Waals surface area contributed by atoms with Crippen LogP contribution in [0.25, 0.3) is 0 Å². The van der Waals surface area contributed by atoms with Gasteiger partial charge in [0.05, 0.1) is 10.6 Å². The Morgan fingerprint density at radius 1 is 1.50 bits per heavy atom. The Morgan fingerprint density at radius 2 is 2.29 bits per heavy atom. The Hall–Kier alpha value is -0.670. The van der Waals surface area contributed by atoms with Gasteiger partial charge >= 0.3 is 5.97 Å². The van der Waals surface area contributed by atoms with Gasteiger partial charge in [0.25, 0.3) is 0 Å². The third-order valence-corrected chi connectivity index (χ3v) is 3.88. The molecule has 0 radical (unpaired) electrons. The van der Waals surface area contributed by atoms with E-state index < -0.39 is 5.97 Å². The van der Waals surface area contributed by atoms with Crippen molar-refractivity contribution in [2.45, 2.75) is 17.7 Å². The second-order valence-electron chi connectivity index (χ2n) is 3.20. The van der Waals surface area contributed by atoms with Gasteiger partial charge in [-0.2, -0.15) is 0 Å². The molecule has 0 aromatic heterocycles. The average molecular weight is 229 g/mol. The van der Waals surface area contributed by atoms with Crippen LogP contribution in [0.4, 0.5) is 0 Å². The van der Waals surface area contributed by atoms with Crippen LogP contribution < -0.4 is 0 Å². The zero-order valence-electron chi connectivity index (χ0n) is 7.42. The lowest BCUT2D eigenvalue weighted by molar-refractivity contribution is 0.0696. The predicted octanol–water partition coefficient (Wildman–Crippen LogP) is 3.08. The third-order valence-electron chi connectivity index (χ3n) is 2.20. The number of halogens is 1. The van der Waals surface area contributed by atoms with Crippen molar-refractivity contribution in [1.82, 2.24) is 0 Å². The van der Waals surface area contributed by atoms with E-state index in [0.717, 1.165) is 29.1 Å². The molecule has 2 nitrogen and oxygen atoms in total. The summed E-state index contributed by atoms with van der Waals surface area (Å²) in [6.45, 7) is 0. The second kappa shape index (κ2) is 3.83. The lowest BCUT2D eigenvalue weighted by Crippen LogP contribution is -2.03. The van der Waals surface area contributed by atoms with Crippen molar-refractivity contribution in [2.24, 2.45) is 0 Å². The van der Waals surface area contributed by atoms with Gasteiger partial charge in [-0.25, -0.2) is 4.79 Å². The topological polar surface area (TPSA) is 37.3 Å². The Kier molecular flexibility index (Phi) is 2.70. The van der Waals surface area contributed by atoms with Crippen molar-refractivity contribution in [3.05, 3.63) is 28.3 Å². The van der Waals surface area contributed by atoms with Crippen LogP contribution in [-0.2, 0) is 6.42 Å². The fourth-order valence-corrected chi connectivity index (χ4v) is 3.00. The van der Waals surface area contributed by atoms with Crippen LogP contribution in [0.2, 0.25) is 5.02 Å². The number of thioether (sulfide) groups is 1. The van der Waals surface area contributed by atoms with Gasteiger partial charge in [0, 0.05) is 4.90 Å². The summed E-state index contributed by atoms with van der Waals surface area (Å²) in [7, 11) is 0. The maximum absolute atomic E-state index is 10.8. The summed E-state index contributed by atoms with van der Waals surface area (Å²) >= 11 is 7.72. The van der Waals surface area contributed by atoms with Gasteiger partial charge in [-0.05, 0) is 36.3 Å². The normalized spacial score (nSPS) is 14.9. The van der Waals surface area contributed by atoms with Gasteiger partial charge in [-0.1, -0.05) is 11.6 Å². The van der Waals surface area contributed by atoms with Gasteiger partial charge in [0.15, 0.2) is 0 Å². The Bertz CT molecular complexity index is 390. The van der Waals surface area contributed by atoms with Crippen molar-refractivity contribution in [1.29, 1.82) is 0 Å². The fourth-order valence-electron chi connectivity index (χ4n) is 1.56. The largest absolute Gasteiger partial charge is 0.478 e. The number of rotatable bonds is 1. The average Bonchev–Trinajstić information content (AvgIpc) is 2.17. The number of fused-ring (bicyclic) bond motifs is 1. The SMILES string of the molecule is O=C(O)c1cc(Cl)c2c(c1)CCCS2. The Balaban J connectivity index is 2.51. The van der Waals surface area contributed by atoms with Crippen LogP contribution in [0.1, 0.15) is 22.3 Å². The van der Waals surface area contributed by atoms with Crippen molar-refractivity contribution >= 4 is 29.3 Å². The molecular formula is C10H9ClO2S. The zero-order chi connectivity index (χ0) is 10.1. The Labute approximate surface area is 91.3 Å². The van der Waals surface area contributed by atoms with Crippen LogP contribution in [0, 0.1) is 0 Å². The van der Waals surface area contributed by atoms with Crippen molar-refractivity contribution < 1.29 is 9.90 Å². The summed E-state index contributed by atoms with van der Waals surface area (Å²) in [5, 5.41) is 9.42. The molecule has 4 heteroatoms. The number of aromatic carboxylic acids is 1. The quantitative estimate of drug-likeness (QED) is 0.803. The summed E-state index contributed by atoms with van der Waals surface area (Å²) in [4.78, 5) is 11.8. The number of carboxylic acid groups (broad SMARTS) is 1. The van der Waals surface area contributed by atoms with Gasteiger partial charge < -0.3 is 5.11 Å². The van der Waals surface area contributed by atoms with Gasteiger partial charge in [0.2, 0.25) is 0 Å². The maximum Gasteiger partial charge on any atom is 0.335 e. The molecule has 0 fully saturated rings. The second-order valence-corrected chi connectivity index (χ2v) is 4.72. The van der Waals surface area contributed by atoms with E-state index in [1.165, 1.54) is 6.07 Å². The van der Waals surface area contributed by atoms with Crippen molar-refractivity contribution in [2.75, 3.05) is 5.75 Å². The van der Waals surface area contributed by atoms with E-state index in [0.29, 0.717) is 5.02 Å². The predicted molar refractivity (Wildman–Crippen MR) is 57.5 cm³/mol. The molecule has 0 bridgehead atoms. The minimum atomic E-state index is -0.912. The highest BCUT2D eigenvalue weighted by Gasteiger charge is 2.16.